The second-order valence-corrected chi connectivity index (χ2v) is 7.44. The van der Waals surface area contributed by atoms with E-state index in [1.54, 1.807) is 0 Å². The third-order valence-electron chi connectivity index (χ3n) is 4.45. The van der Waals surface area contributed by atoms with Crippen LogP contribution in [0.1, 0.15) is 19.7 Å². The van der Waals surface area contributed by atoms with Crippen molar-refractivity contribution < 1.29 is 4.79 Å². The highest BCUT2D eigenvalue weighted by molar-refractivity contribution is 8.00. The molecule has 0 unspecified atom stereocenters. The molecule has 0 bridgehead atoms. The maximum absolute atomic E-state index is 12.8. The Hall–Kier alpha value is -1.66. The summed E-state index contributed by atoms with van der Waals surface area (Å²) in [5.41, 5.74) is 0.934. The van der Waals surface area contributed by atoms with Gasteiger partial charge in [0.2, 0.25) is 5.91 Å². The highest BCUT2D eigenvalue weighted by Gasteiger charge is 2.25. The minimum absolute atomic E-state index is 0.143. The molecule has 1 atom stereocenters. The number of piperazine rings is 1. The zero-order valence-electron chi connectivity index (χ0n) is 14.5. The van der Waals surface area contributed by atoms with E-state index in [2.05, 4.69) is 21.8 Å². The first-order valence-electron chi connectivity index (χ1n) is 8.49. The van der Waals surface area contributed by atoms with Crippen LogP contribution in [0.25, 0.3) is 10.9 Å². The van der Waals surface area contributed by atoms with Crippen LogP contribution in [0, 0.1) is 6.92 Å². The molecule has 1 aromatic carbocycles. The molecule has 0 N–H and O–H groups in total. The first-order valence-corrected chi connectivity index (χ1v) is 9.37. The molecule has 1 fully saturated rings. The molecule has 128 valence electrons. The van der Waals surface area contributed by atoms with Crippen molar-refractivity contribution in [1.82, 2.24) is 19.8 Å². The SMILES string of the molecule is CCN1CCN(C(=O)[C@@H](C)Sc2nc(C)nc3ccccc23)CC1. The Labute approximate surface area is 147 Å². The minimum Gasteiger partial charge on any atom is -0.339 e. The zero-order chi connectivity index (χ0) is 17.1. The first-order chi connectivity index (χ1) is 11.6. The van der Waals surface area contributed by atoms with Crippen molar-refractivity contribution in [2.45, 2.75) is 31.0 Å². The summed E-state index contributed by atoms with van der Waals surface area (Å²) in [6.07, 6.45) is 0. The number of amides is 1. The van der Waals surface area contributed by atoms with Gasteiger partial charge in [-0.1, -0.05) is 36.9 Å². The summed E-state index contributed by atoms with van der Waals surface area (Å²) in [5, 5.41) is 1.77. The molecule has 3 rings (SSSR count). The van der Waals surface area contributed by atoms with Gasteiger partial charge in [-0.25, -0.2) is 9.97 Å². The lowest BCUT2D eigenvalue weighted by Gasteiger charge is -2.35. The summed E-state index contributed by atoms with van der Waals surface area (Å²) in [4.78, 5) is 26.2. The zero-order valence-corrected chi connectivity index (χ0v) is 15.3. The maximum atomic E-state index is 12.8. The lowest BCUT2D eigenvalue weighted by atomic mass is 10.2. The summed E-state index contributed by atoms with van der Waals surface area (Å²) >= 11 is 1.54. The van der Waals surface area contributed by atoms with Crippen molar-refractivity contribution >= 4 is 28.6 Å². The average Bonchev–Trinajstić information content (AvgIpc) is 2.61. The maximum Gasteiger partial charge on any atom is 0.235 e. The number of likely N-dealkylation sites (N-methyl/N-ethyl adjacent to an activating group) is 1. The Morgan fingerprint density at radius 3 is 2.62 bits per heavy atom. The normalized spacial score (nSPS) is 17.2. The summed E-state index contributed by atoms with van der Waals surface area (Å²) < 4.78 is 0. The Bertz CT molecular complexity index is 728. The molecule has 6 heteroatoms. The van der Waals surface area contributed by atoms with E-state index >= 15 is 0 Å². The summed E-state index contributed by atoms with van der Waals surface area (Å²) in [7, 11) is 0. The highest BCUT2D eigenvalue weighted by atomic mass is 32.2. The fraction of sp³-hybridized carbons (Fsp3) is 0.500. The van der Waals surface area contributed by atoms with Crippen molar-refractivity contribution in [2.75, 3.05) is 32.7 Å². The number of carbonyl (C=O) groups excluding carboxylic acids is 1. The lowest BCUT2D eigenvalue weighted by Crippen LogP contribution is -2.50. The third kappa shape index (κ3) is 3.70. The number of aromatic nitrogens is 2. The topological polar surface area (TPSA) is 49.3 Å². The van der Waals surface area contributed by atoms with Gasteiger partial charge in [0.15, 0.2) is 0 Å². The van der Waals surface area contributed by atoms with Gasteiger partial charge in [-0.05, 0) is 26.5 Å². The Morgan fingerprint density at radius 1 is 1.21 bits per heavy atom. The lowest BCUT2D eigenvalue weighted by molar-refractivity contribution is -0.132. The number of para-hydroxylation sites is 1. The largest absolute Gasteiger partial charge is 0.339 e. The molecular formula is C18H24N4OS. The second kappa shape index (κ2) is 7.49. The fourth-order valence-electron chi connectivity index (χ4n) is 3.01. The number of nitrogens with zero attached hydrogens (tertiary/aromatic N) is 4. The van der Waals surface area contributed by atoms with E-state index in [4.69, 9.17) is 0 Å². The van der Waals surface area contributed by atoms with Crippen molar-refractivity contribution in [2.24, 2.45) is 0 Å². The van der Waals surface area contributed by atoms with Gasteiger partial charge >= 0.3 is 0 Å². The van der Waals surface area contributed by atoms with Crippen LogP contribution < -0.4 is 0 Å². The highest BCUT2D eigenvalue weighted by Crippen LogP contribution is 2.29. The van der Waals surface area contributed by atoms with Gasteiger partial charge in [-0.3, -0.25) is 4.79 Å². The molecule has 1 aromatic heterocycles. The first kappa shape index (κ1) is 17.2. The van der Waals surface area contributed by atoms with Crippen molar-refractivity contribution in [1.29, 1.82) is 0 Å². The molecule has 1 aliphatic rings. The van der Waals surface area contributed by atoms with E-state index in [9.17, 15) is 4.79 Å². The van der Waals surface area contributed by atoms with E-state index in [-0.39, 0.29) is 11.2 Å². The van der Waals surface area contributed by atoms with Crippen LogP contribution in [0.15, 0.2) is 29.3 Å². The number of fused-ring (bicyclic) bond motifs is 1. The number of hydrogen-bond acceptors (Lipinski definition) is 5. The van der Waals surface area contributed by atoms with Crippen LogP contribution in [-0.2, 0) is 4.79 Å². The standard InChI is InChI=1S/C18H24N4OS/c1-4-21-9-11-22(12-10-21)18(23)13(2)24-17-15-7-5-6-8-16(15)19-14(3)20-17/h5-8,13H,4,9-12H2,1-3H3/t13-/m1/s1. The number of benzene rings is 1. The number of thioether (sulfide) groups is 1. The molecule has 0 spiro atoms. The van der Waals surface area contributed by atoms with Gasteiger partial charge in [-0.15, -0.1) is 0 Å². The molecule has 5 nitrogen and oxygen atoms in total. The smallest absolute Gasteiger partial charge is 0.235 e. The second-order valence-electron chi connectivity index (χ2n) is 6.11. The van der Waals surface area contributed by atoms with Gasteiger partial charge in [0, 0.05) is 31.6 Å². The van der Waals surface area contributed by atoms with Crippen molar-refractivity contribution in [3.05, 3.63) is 30.1 Å². The predicted molar refractivity (Wildman–Crippen MR) is 98.3 cm³/mol. The molecule has 0 radical (unpaired) electrons. The van der Waals surface area contributed by atoms with Gasteiger partial charge < -0.3 is 9.80 Å². The van der Waals surface area contributed by atoms with Crippen LogP contribution in [0.4, 0.5) is 0 Å². The molecule has 2 heterocycles. The van der Waals surface area contributed by atoms with Crippen LogP contribution in [0.3, 0.4) is 0 Å². The number of hydrogen-bond donors (Lipinski definition) is 0. The van der Waals surface area contributed by atoms with Crippen LogP contribution in [0.2, 0.25) is 0 Å². The number of aryl methyl sites for hydroxylation is 1. The van der Waals surface area contributed by atoms with E-state index in [0.717, 1.165) is 54.5 Å². The van der Waals surface area contributed by atoms with Crippen LogP contribution >= 0.6 is 11.8 Å². The van der Waals surface area contributed by atoms with Crippen molar-refractivity contribution in [3.63, 3.8) is 0 Å². The van der Waals surface area contributed by atoms with E-state index in [1.807, 2.05) is 43.0 Å². The van der Waals surface area contributed by atoms with Crippen molar-refractivity contribution in [3.8, 4) is 0 Å². The average molecular weight is 344 g/mol. The fourth-order valence-corrected chi connectivity index (χ4v) is 4.08. The third-order valence-corrected chi connectivity index (χ3v) is 5.54. The molecule has 0 aliphatic carbocycles. The predicted octanol–water partition coefficient (Wildman–Crippen LogP) is 2.58. The molecule has 24 heavy (non-hydrogen) atoms. The quantitative estimate of drug-likeness (QED) is 0.630. The Kier molecular flexibility index (Phi) is 5.36. The number of carbonyl (C=O) groups is 1. The molecule has 2 aromatic rings. The van der Waals surface area contributed by atoms with Crippen LogP contribution in [-0.4, -0.2) is 63.6 Å². The van der Waals surface area contributed by atoms with E-state index < -0.39 is 0 Å². The molecular weight excluding hydrogens is 320 g/mol. The molecule has 0 saturated carbocycles. The monoisotopic (exact) mass is 344 g/mol. The van der Waals surface area contributed by atoms with E-state index in [1.165, 1.54) is 11.8 Å². The van der Waals surface area contributed by atoms with Gasteiger partial charge in [0.25, 0.3) is 0 Å². The van der Waals surface area contributed by atoms with E-state index in [0.29, 0.717) is 0 Å². The number of rotatable bonds is 4. The minimum atomic E-state index is -0.143. The summed E-state index contributed by atoms with van der Waals surface area (Å²) in [6, 6.07) is 7.98. The summed E-state index contributed by atoms with van der Waals surface area (Å²) in [5.74, 6) is 0.948. The molecule has 1 saturated heterocycles. The Morgan fingerprint density at radius 2 is 1.92 bits per heavy atom. The summed E-state index contributed by atoms with van der Waals surface area (Å²) in [6.45, 7) is 10.7. The molecule has 1 amide bonds. The van der Waals surface area contributed by atoms with Gasteiger partial charge in [0.1, 0.15) is 10.9 Å². The molecule has 1 aliphatic heterocycles. The Balaban J connectivity index is 1.73. The van der Waals surface area contributed by atoms with Gasteiger partial charge in [0.05, 0.1) is 10.8 Å². The van der Waals surface area contributed by atoms with Crippen LogP contribution in [0.5, 0.6) is 0 Å². The van der Waals surface area contributed by atoms with Gasteiger partial charge in [-0.2, -0.15) is 0 Å².